The van der Waals surface area contributed by atoms with Crippen LogP contribution in [0.4, 0.5) is 0 Å². The van der Waals surface area contributed by atoms with Gasteiger partial charge < -0.3 is 14.6 Å². The van der Waals surface area contributed by atoms with Gasteiger partial charge in [0.1, 0.15) is 11.9 Å². The Morgan fingerprint density at radius 2 is 1.89 bits per heavy atom. The molecule has 1 aliphatic carbocycles. The van der Waals surface area contributed by atoms with Crippen molar-refractivity contribution in [3.8, 4) is 0 Å². The molecule has 0 radical (unpaired) electrons. The summed E-state index contributed by atoms with van der Waals surface area (Å²) in [7, 11) is 0. The van der Waals surface area contributed by atoms with Crippen LogP contribution in [-0.4, -0.2) is 42.7 Å². The molecule has 1 saturated carbocycles. The molecule has 2 aliphatic rings. The van der Waals surface area contributed by atoms with Crippen LogP contribution in [0.3, 0.4) is 0 Å². The van der Waals surface area contributed by atoms with Crippen LogP contribution in [0.5, 0.6) is 0 Å². The highest BCUT2D eigenvalue weighted by molar-refractivity contribution is 5.91. The third-order valence-corrected chi connectivity index (χ3v) is 5.95. The van der Waals surface area contributed by atoms with Crippen molar-refractivity contribution in [1.82, 2.24) is 19.7 Å². The molecular formula is C21H20N4O3. The highest BCUT2D eigenvalue weighted by Crippen LogP contribution is 2.50. The predicted molar refractivity (Wildman–Crippen MR) is 102 cm³/mol. The lowest BCUT2D eigenvalue weighted by molar-refractivity contribution is -0.153. The lowest BCUT2D eigenvalue weighted by Gasteiger charge is -2.33. The number of carbonyl (C=O) groups is 2. The lowest BCUT2D eigenvalue weighted by Crippen LogP contribution is -2.51. The van der Waals surface area contributed by atoms with E-state index in [4.69, 9.17) is 0 Å². The van der Waals surface area contributed by atoms with Crippen molar-refractivity contribution < 1.29 is 14.7 Å². The van der Waals surface area contributed by atoms with E-state index >= 15 is 0 Å². The van der Waals surface area contributed by atoms with Gasteiger partial charge in [0, 0.05) is 5.92 Å². The fourth-order valence-electron chi connectivity index (χ4n) is 4.35. The molecule has 1 amide bonds. The van der Waals surface area contributed by atoms with Crippen LogP contribution >= 0.6 is 0 Å². The van der Waals surface area contributed by atoms with E-state index in [0.717, 1.165) is 17.2 Å². The first-order valence-corrected chi connectivity index (χ1v) is 9.44. The number of rotatable bonds is 3. The van der Waals surface area contributed by atoms with Gasteiger partial charge in [0.15, 0.2) is 5.82 Å². The van der Waals surface area contributed by atoms with Crippen molar-refractivity contribution in [2.45, 2.75) is 38.4 Å². The number of carboxylic acid groups (broad SMARTS) is 1. The van der Waals surface area contributed by atoms with Crippen LogP contribution in [0.1, 0.15) is 29.6 Å². The van der Waals surface area contributed by atoms with Gasteiger partial charge in [0.2, 0.25) is 5.91 Å². The second-order valence-electron chi connectivity index (χ2n) is 7.61. The fraction of sp³-hybridized carbons (Fsp3) is 0.333. The molecule has 0 saturated heterocycles. The monoisotopic (exact) mass is 376 g/mol. The third kappa shape index (κ3) is 2.58. The molecule has 3 atom stereocenters. The Morgan fingerprint density at radius 3 is 2.71 bits per heavy atom. The number of amides is 1. The molecule has 2 heterocycles. The Labute approximate surface area is 161 Å². The molecule has 1 aromatic heterocycles. The van der Waals surface area contributed by atoms with Gasteiger partial charge in [0.25, 0.3) is 0 Å². The lowest BCUT2D eigenvalue weighted by atomic mass is 10.00. The van der Waals surface area contributed by atoms with Crippen molar-refractivity contribution in [3.63, 3.8) is 0 Å². The van der Waals surface area contributed by atoms with Crippen LogP contribution in [0, 0.1) is 12.8 Å². The van der Waals surface area contributed by atoms with Crippen molar-refractivity contribution in [2.75, 3.05) is 0 Å². The van der Waals surface area contributed by atoms with E-state index in [9.17, 15) is 14.7 Å². The number of hydrogen-bond acceptors (Lipinski definition) is 4. The molecule has 1 fully saturated rings. The third-order valence-electron chi connectivity index (χ3n) is 5.95. The molecule has 3 unspecified atom stereocenters. The number of hydrogen-bond donors (Lipinski definition) is 1. The largest absolute Gasteiger partial charge is 0.480 e. The number of carboxylic acids is 1. The predicted octanol–water partition coefficient (Wildman–Crippen LogP) is 2.34. The molecule has 2 aromatic carbocycles. The number of fused-ring (bicyclic) bond motifs is 2. The van der Waals surface area contributed by atoms with Gasteiger partial charge in [-0.1, -0.05) is 42.5 Å². The van der Waals surface area contributed by atoms with Crippen LogP contribution in [-0.2, 0) is 22.7 Å². The second-order valence-corrected chi connectivity index (χ2v) is 7.61. The highest BCUT2D eigenvalue weighted by atomic mass is 16.4. The first-order chi connectivity index (χ1) is 13.5. The number of benzene rings is 2. The van der Waals surface area contributed by atoms with E-state index in [1.165, 1.54) is 10.5 Å². The van der Waals surface area contributed by atoms with Gasteiger partial charge in [-0.05, 0) is 35.6 Å². The fourth-order valence-corrected chi connectivity index (χ4v) is 4.35. The topological polar surface area (TPSA) is 88.3 Å². The molecule has 7 heteroatoms. The summed E-state index contributed by atoms with van der Waals surface area (Å²) in [5.74, 6) is 0.184. The maximum Gasteiger partial charge on any atom is 0.328 e. The SMILES string of the molecule is Cc1nnc2n1CC(C(=O)O)N(C(=O)C1CC1c1cccc3ccccc13)C2. The minimum Gasteiger partial charge on any atom is -0.480 e. The highest BCUT2D eigenvalue weighted by Gasteiger charge is 2.49. The minimum absolute atomic E-state index is 0.0998. The van der Waals surface area contributed by atoms with Gasteiger partial charge >= 0.3 is 5.97 Å². The van der Waals surface area contributed by atoms with Crippen LogP contribution in [0.2, 0.25) is 0 Å². The van der Waals surface area contributed by atoms with E-state index in [1.54, 1.807) is 11.5 Å². The molecule has 1 N–H and O–H groups in total. The van der Waals surface area contributed by atoms with E-state index in [2.05, 4.69) is 34.5 Å². The molecule has 0 spiro atoms. The van der Waals surface area contributed by atoms with Gasteiger partial charge in [-0.3, -0.25) is 4.79 Å². The first-order valence-electron chi connectivity index (χ1n) is 9.44. The van der Waals surface area contributed by atoms with E-state index in [-0.39, 0.29) is 30.8 Å². The van der Waals surface area contributed by atoms with Crippen molar-refractivity contribution in [2.24, 2.45) is 5.92 Å². The van der Waals surface area contributed by atoms with Crippen molar-refractivity contribution >= 4 is 22.6 Å². The Morgan fingerprint density at radius 1 is 1.11 bits per heavy atom. The van der Waals surface area contributed by atoms with E-state index in [0.29, 0.717) is 11.6 Å². The summed E-state index contributed by atoms with van der Waals surface area (Å²) < 4.78 is 1.79. The summed E-state index contributed by atoms with van der Waals surface area (Å²) in [5, 5.41) is 20.1. The average molecular weight is 376 g/mol. The molecular weight excluding hydrogens is 356 g/mol. The van der Waals surface area contributed by atoms with Gasteiger partial charge in [-0.25, -0.2) is 4.79 Å². The first kappa shape index (κ1) is 16.9. The Balaban J connectivity index is 1.43. The summed E-state index contributed by atoms with van der Waals surface area (Å²) >= 11 is 0. The van der Waals surface area contributed by atoms with Crippen LogP contribution in [0.15, 0.2) is 42.5 Å². The quantitative estimate of drug-likeness (QED) is 0.758. The Bertz CT molecular complexity index is 1100. The number of aromatic nitrogens is 3. The number of nitrogens with zero attached hydrogens (tertiary/aromatic N) is 4. The summed E-state index contributed by atoms with van der Waals surface area (Å²) in [4.78, 5) is 26.5. The zero-order chi connectivity index (χ0) is 19.4. The molecule has 7 nitrogen and oxygen atoms in total. The van der Waals surface area contributed by atoms with Gasteiger partial charge in [-0.15, -0.1) is 10.2 Å². The molecule has 1 aliphatic heterocycles. The van der Waals surface area contributed by atoms with E-state index < -0.39 is 12.0 Å². The molecule has 28 heavy (non-hydrogen) atoms. The van der Waals surface area contributed by atoms with Gasteiger partial charge in [-0.2, -0.15) is 0 Å². The smallest absolute Gasteiger partial charge is 0.328 e. The standard InChI is InChI=1S/C21H20N4O3/c1-12-22-23-19-11-25(18(21(27)28)10-24(12)19)20(26)17-9-16(17)15-8-4-6-13-5-2-3-7-14(13)15/h2-8,16-18H,9-11H2,1H3,(H,27,28). The number of aryl methyl sites for hydroxylation is 1. The number of carbonyl (C=O) groups excluding carboxylic acids is 1. The molecule has 142 valence electrons. The Hall–Kier alpha value is -3.22. The average Bonchev–Trinajstić information content (AvgIpc) is 3.43. The van der Waals surface area contributed by atoms with Crippen molar-refractivity contribution in [3.05, 3.63) is 59.7 Å². The Kier molecular flexibility index (Phi) is 3.72. The van der Waals surface area contributed by atoms with E-state index in [1.807, 2.05) is 18.2 Å². The zero-order valence-electron chi connectivity index (χ0n) is 15.4. The maximum absolute atomic E-state index is 13.2. The second kappa shape index (κ2) is 6.15. The van der Waals surface area contributed by atoms with Crippen LogP contribution in [0.25, 0.3) is 10.8 Å². The summed E-state index contributed by atoms with van der Waals surface area (Å²) in [6, 6.07) is 13.4. The summed E-state index contributed by atoms with van der Waals surface area (Å²) in [6.45, 7) is 2.18. The molecule has 5 rings (SSSR count). The summed E-state index contributed by atoms with van der Waals surface area (Å²) in [6.07, 6.45) is 0.751. The van der Waals surface area contributed by atoms with Crippen molar-refractivity contribution in [1.29, 1.82) is 0 Å². The molecule has 3 aromatic rings. The maximum atomic E-state index is 13.2. The number of aliphatic carboxylic acids is 1. The van der Waals surface area contributed by atoms with Gasteiger partial charge in [0.05, 0.1) is 13.1 Å². The minimum atomic E-state index is -0.991. The van der Waals surface area contributed by atoms with Crippen LogP contribution < -0.4 is 0 Å². The molecule has 0 bridgehead atoms. The zero-order valence-corrected chi connectivity index (χ0v) is 15.4. The summed E-state index contributed by atoms with van der Waals surface area (Å²) in [5.41, 5.74) is 1.17. The normalized spacial score (nSPS) is 23.5.